The van der Waals surface area contributed by atoms with Gasteiger partial charge in [-0.05, 0) is 12.5 Å². The number of anilines is 1. The van der Waals surface area contributed by atoms with Crippen molar-refractivity contribution in [1.29, 1.82) is 10.5 Å². The van der Waals surface area contributed by atoms with Crippen LogP contribution in [0, 0.1) is 29.6 Å². The maximum atomic E-state index is 9.26. The first-order valence-corrected chi connectivity index (χ1v) is 8.44. The average Bonchev–Trinajstić information content (AvgIpc) is 3.13. The molecule has 116 valence electrons. The van der Waals surface area contributed by atoms with Gasteiger partial charge >= 0.3 is 0 Å². The molecule has 0 spiro atoms. The number of hydrogen-bond acceptors (Lipinski definition) is 8. The van der Waals surface area contributed by atoms with Crippen LogP contribution >= 0.6 is 22.7 Å². The largest absolute Gasteiger partial charge is 0.375 e. The smallest absolute Gasteiger partial charge is 0.182 e. The van der Waals surface area contributed by atoms with E-state index in [0.717, 1.165) is 16.9 Å². The molecule has 1 aromatic carbocycles. The van der Waals surface area contributed by atoms with Gasteiger partial charge in [-0.15, -0.1) is 21.6 Å². The molecular weight excluding hydrogens is 340 g/mol. The standard InChI is InChI=1S/C16H10N6S2/c1-9-11(7-17)14(23-12(9)8-18)21-22-15-13(20-16(19)24-15)10-5-3-2-4-6-10/h2-6H,1H3,(H2,19,20)/b22-21+. The van der Waals surface area contributed by atoms with Crippen LogP contribution in [0.3, 0.4) is 0 Å². The molecule has 0 aliphatic carbocycles. The van der Waals surface area contributed by atoms with Crippen molar-refractivity contribution >= 4 is 37.8 Å². The van der Waals surface area contributed by atoms with E-state index in [0.29, 0.717) is 36.8 Å². The number of nitrogens with two attached hydrogens (primary N) is 1. The van der Waals surface area contributed by atoms with Crippen molar-refractivity contribution in [2.45, 2.75) is 6.92 Å². The Morgan fingerprint density at radius 1 is 1.04 bits per heavy atom. The van der Waals surface area contributed by atoms with Crippen LogP contribution in [0.2, 0.25) is 0 Å². The van der Waals surface area contributed by atoms with Gasteiger partial charge < -0.3 is 5.73 Å². The Kier molecular flexibility index (Phi) is 4.34. The summed E-state index contributed by atoms with van der Waals surface area (Å²) >= 11 is 2.37. The van der Waals surface area contributed by atoms with E-state index >= 15 is 0 Å². The Morgan fingerprint density at radius 2 is 1.75 bits per heavy atom. The Labute approximate surface area is 146 Å². The summed E-state index contributed by atoms with van der Waals surface area (Å²) in [5.41, 5.74) is 8.35. The molecule has 3 aromatic rings. The fourth-order valence-electron chi connectivity index (χ4n) is 2.08. The third kappa shape index (κ3) is 2.88. The van der Waals surface area contributed by atoms with E-state index in [1.807, 2.05) is 30.3 Å². The Balaban J connectivity index is 2.03. The van der Waals surface area contributed by atoms with Crippen LogP contribution in [0.15, 0.2) is 40.6 Å². The molecule has 0 saturated carbocycles. The van der Waals surface area contributed by atoms with Crippen LogP contribution in [-0.2, 0) is 0 Å². The molecule has 24 heavy (non-hydrogen) atoms. The Bertz CT molecular complexity index is 1000. The van der Waals surface area contributed by atoms with E-state index in [2.05, 4.69) is 27.4 Å². The molecule has 0 aliphatic rings. The molecule has 0 unspecified atom stereocenters. The molecule has 0 aliphatic heterocycles. The lowest BCUT2D eigenvalue weighted by atomic mass is 10.2. The van der Waals surface area contributed by atoms with Gasteiger partial charge in [0, 0.05) is 5.56 Å². The predicted octanol–water partition coefficient (Wildman–Crippen LogP) is 4.92. The summed E-state index contributed by atoms with van der Waals surface area (Å²) in [5.74, 6) is 0. The molecule has 3 rings (SSSR count). The van der Waals surface area contributed by atoms with Gasteiger partial charge in [0.15, 0.2) is 15.1 Å². The summed E-state index contributed by atoms with van der Waals surface area (Å²) in [7, 11) is 0. The molecule has 6 nitrogen and oxygen atoms in total. The lowest BCUT2D eigenvalue weighted by Crippen LogP contribution is -1.82. The number of benzene rings is 1. The number of nitrogens with zero attached hydrogens (tertiary/aromatic N) is 5. The van der Waals surface area contributed by atoms with E-state index in [1.54, 1.807) is 6.92 Å². The summed E-state index contributed by atoms with van der Waals surface area (Å²) in [6.45, 7) is 1.73. The van der Waals surface area contributed by atoms with Crippen molar-refractivity contribution in [3.63, 3.8) is 0 Å². The fraction of sp³-hybridized carbons (Fsp3) is 0.0625. The van der Waals surface area contributed by atoms with Crippen LogP contribution in [-0.4, -0.2) is 4.98 Å². The van der Waals surface area contributed by atoms with Gasteiger partial charge in [0.25, 0.3) is 0 Å². The number of aromatic nitrogens is 1. The van der Waals surface area contributed by atoms with Gasteiger partial charge in [-0.3, -0.25) is 0 Å². The highest BCUT2D eigenvalue weighted by Crippen LogP contribution is 2.40. The molecule has 0 amide bonds. The first-order valence-electron chi connectivity index (χ1n) is 6.81. The SMILES string of the molecule is Cc1c(C#N)sc(/N=N/c2sc(N)nc2-c2ccccc2)c1C#N. The van der Waals surface area contributed by atoms with E-state index in [1.165, 1.54) is 11.3 Å². The molecule has 2 heterocycles. The molecular formula is C16H10N6S2. The molecule has 8 heteroatoms. The molecule has 2 aromatic heterocycles. The first-order chi connectivity index (χ1) is 11.6. The fourth-order valence-corrected chi connectivity index (χ4v) is 3.63. The zero-order valence-electron chi connectivity index (χ0n) is 12.5. The summed E-state index contributed by atoms with van der Waals surface area (Å²) in [4.78, 5) is 4.77. The third-order valence-electron chi connectivity index (χ3n) is 3.25. The number of rotatable bonds is 3. The van der Waals surface area contributed by atoms with Gasteiger partial charge in [-0.1, -0.05) is 41.7 Å². The van der Waals surface area contributed by atoms with Gasteiger partial charge in [-0.25, -0.2) is 4.98 Å². The minimum Gasteiger partial charge on any atom is -0.375 e. The quantitative estimate of drug-likeness (QED) is 0.675. The Hall–Kier alpha value is -3.07. The summed E-state index contributed by atoms with van der Waals surface area (Å²) < 4.78 is 0. The molecule has 0 bridgehead atoms. The van der Waals surface area contributed by atoms with Crippen LogP contribution in [0.1, 0.15) is 16.0 Å². The number of nitriles is 2. The normalized spacial score (nSPS) is 10.6. The van der Waals surface area contributed by atoms with Crippen molar-refractivity contribution in [2.24, 2.45) is 10.2 Å². The summed E-state index contributed by atoms with van der Waals surface area (Å²) in [6.07, 6.45) is 0. The molecule has 0 saturated heterocycles. The van der Waals surface area contributed by atoms with Crippen molar-refractivity contribution < 1.29 is 0 Å². The molecule has 0 atom stereocenters. The van der Waals surface area contributed by atoms with E-state index < -0.39 is 0 Å². The molecule has 0 fully saturated rings. The highest BCUT2D eigenvalue weighted by molar-refractivity contribution is 7.19. The summed E-state index contributed by atoms with van der Waals surface area (Å²) in [5, 5.41) is 28.1. The van der Waals surface area contributed by atoms with Crippen molar-refractivity contribution in [3.8, 4) is 23.4 Å². The van der Waals surface area contributed by atoms with Crippen LogP contribution in [0.5, 0.6) is 0 Å². The van der Waals surface area contributed by atoms with Crippen molar-refractivity contribution in [3.05, 3.63) is 46.3 Å². The van der Waals surface area contributed by atoms with Crippen LogP contribution in [0.4, 0.5) is 15.1 Å². The minimum atomic E-state index is 0.374. The Morgan fingerprint density at radius 3 is 2.42 bits per heavy atom. The van der Waals surface area contributed by atoms with Crippen molar-refractivity contribution in [2.75, 3.05) is 5.73 Å². The van der Waals surface area contributed by atoms with Gasteiger partial charge in [-0.2, -0.15) is 10.5 Å². The van der Waals surface area contributed by atoms with Crippen LogP contribution in [0.25, 0.3) is 11.3 Å². The second-order valence-electron chi connectivity index (χ2n) is 4.73. The van der Waals surface area contributed by atoms with E-state index in [-0.39, 0.29) is 0 Å². The number of nitrogen functional groups attached to an aromatic ring is 1. The third-order valence-corrected chi connectivity index (χ3v) is 5.10. The van der Waals surface area contributed by atoms with Crippen LogP contribution < -0.4 is 5.73 Å². The van der Waals surface area contributed by atoms with E-state index in [4.69, 9.17) is 11.0 Å². The lowest BCUT2D eigenvalue weighted by Gasteiger charge is -1.96. The second-order valence-corrected chi connectivity index (χ2v) is 6.74. The topological polar surface area (TPSA) is 111 Å². The predicted molar refractivity (Wildman–Crippen MR) is 94.6 cm³/mol. The number of thiazole rings is 1. The van der Waals surface area contributed by atoms with Gasteiger partial charge in [0.1, 0.15) is 22.7 Å². The minimum absolute atomic E-state index is 0.374. The van der Waals surface area contributed by atoms with Gasteiger partial charge in [0.2, 0.25) is 0 Å². The molecule has 2 N–H and O–H groups in total. The zero-order chi connectivity index (χ0) is 17.1. The van der Waals surface area contributed by atoms with Gasteiger partial charge in [0.05, 0.1) is 5.56 Å². The maximum absolute atomic E-state index is 9.26. The number of azo groups is 1. The highest BCUT2D eigenvalue weighted by atomic mass is 32.1. The lowest BCUT2D eigenvalue weighted by molar-refractivity contribution is 1.25. The monoisotopic (exact) mass is 350 g/mol. The maximum Gasteiger partial charge on any atom is 0.182 e. The number of hydrogen-bond donors (Lipinski definition) is 1. The number of thiophene rings is 1. The zero-order valence-corrected chi connectivity index (χ0v) is 14.1. The summed E-state index contributed by atoms with van der Waals surface area (Å²) in [6, 6.07) is 13.7. The van der Waals surface area contributed by atoms with Crippen molar-refractivity contribution in [1.82, 2.24) is 4.98 Å². The van der Waals surface area contributed by atoms with E-state index in [9.17, 15) is 5.26 Å². The highest BCUT2D eigenvalue weighted by Gasteiger charge is 2.16. The second kappa shape index (κ2) is 6.59. The molecule has 0 radical (unpaired) electrons. The first kappa shape index (κ1) is 15.8. The average molecular weight is 350 g/mol.